The maximum atomic E-state index is 12.0. The molecule has 7 nitrogen and oxygen atoms in total. The number of carbonyl (C=O) groups excluding carboxylic acids is 2. The maximum absolute atomic E-state index is 12.0. The van der Waals surface area contributed by atoms with Crippen molar-refractivity contribution in [3.63, 3.8) is 0 Å². The zero-order valence-electron chi connectivity index (χ0n) is 13.9. The van der Waals surface area contributed by atoms with E-state index in [1.165, 1.54) is 31.3 Å². The first kappa shape index (κ1) is 18.6. The molecule has 0 unspecified atom stereocenters. The van der Waals surface area contributed by atoms with Crippen molar-refractivity contribution < 1.29 is 18.0 Å². The number of rotatable bonds is 6. The minimum absolute atomic E-state index is 0.0979. The third-order valence-electron chi connectivity index (χ3n) is 3.41. The molecule has 132 valence electrons. The van der Waals surface area contributed by atoms with Gasteiger partial charge in [0.25, 0.3) is 5.91 Å². The monoisotopic (exact) mass is 361 g/mol. The van der Waals surface area contributed by atoms with Crippen molar-refractivity contribution in [1.29, 1.82) is 0 Å². The molecule has 3 N–H and O–H groups in total. The highest BCUT2D eigenvalue weighted by molar-refractivity contribution is 7.89. The Hall–Kier alpha value is -2.71. The van der Waals surface area contributed by atoms with Crippen LogP contribution in [0.15, 0.2) is 53.4 Å². The van der Waals surface area contributed by atoms with Gasteiger partial charge < -0.3 is 10.6 Å². The Balaban J connectivity index is 1.91. The zero-order valence-corrected chi connectivity index (χ0v) is 14.7. The van der Waals surface area contributed by atoms with Gasteiger partial charge in [-0.1, -0.05) is 17.7 Å². The van der Waals surface area contributed by atoms with Gasteiger partial charge in [0.1, 0.15) is 0 Å². The second-order valence-corrected chi connectivity index (χ2v) is 7.22. The van der Waals surface area contributed by atoms with Crippen molar-refractivity contribution >= 4 is 27.5 Å². The minimum atomic E-state index is -3.52. The molecule has 0 saturated carbocycles. The lowest BCUT2D eigenvalue weighted by Gasteiger charge is -2.08. The molecule has 0 aliphatic heterocycles. The quantitative estimate of drug-likeness (QED) is 0.721. The second-order valence-electron chi connectivity index (χ2n) is 5.33. The molecule has 0 spiro atoms. The van der Waals surface area contributed by atoms with Gasteiger partial charge in [-0.15, -0.1) is 0 Å². The number of anilines is 1. The summed E-state index contributed by atoms with van der Waals surface area (Å²) in [5.41, 5.74) is 1.87. The van der Waals surface area contributed by atoms with Crippen LogP contribution >= 0.6 is 0 Å². The molecule has 0 radical (unpaired) electrons. The predicted molar refractivity (Wildman–Crippen MR) is 94.8 cm³/mol. The maximum Gasteiger partial charge on any atom is 0.251 e. The summed E-state index contributed by atoms with van der Waals surface area (Å²) in [6.07, 6.45) is 0. The second kappa shape index (κ2) is 7.91. The van der Waals surface area contributed by atoms with E-state index in [1.54, 1.807) is 18.2 Å². The van der Waals surface area contributed by atoms with E-state index in [0.717, 1.165) is 5.56 Å². The average Bonchev–Trinajstić information content (AvgIpc) is 2.60. The van der Waals surface area contributed by atoms with Crippen molar-refractivity contribution in [2.24, 2.45) is 0 Å². The lowest BCUT2D eigenvalue weighted by atomic mass is 10.1. The van der Waals surface area contributed by atoms with Crippen molar-refractivity contribution in [1.82, 2.24) is 10.0 Å². The first-order chi connectivity index (χ1) is 11.8. The van der Waals surface area contributed by atoms with Crippen LogP contribution in [0.25, 0.3) is 0 Å². The summed E-state index contributed by atoms with van der Waals surface area (Å²) in [7, 11) is -2.20. The molecular formula is C17H19N3O4S. The normalized spacial score (nSPS) is 11.0. The van der Waals surface area contributed by atoms with E-state index in [1.807, 2.05) is 13.0 Å². The van der Waals surface area contributed by atoms with E-state index in [4.69, 9.17) is 0 Å². The Labute approximate surface area is 146 Å². The van der Waals surface area contributed by atoms with Gasteiger partial charge in [0, 0.05) is 11.3 Å². The van der Waals surface area contributed by atoms with Gasteiger partial charge in [-0.2, -0.15) is 0 Å². The van der Waals surface area contributed by atoms with E-state index in [0.29, 0.717) is 11.3 Å². The third kappa shape index (κ3) is 5.13. The van der Waals surface area contributed by atoms with Crippen LogP contribution in [0, 0.1) is 6.92 Å². The molecule has 0 heterocycles. The molecule has 8 heteroatoms. The smallest absolute Gasteiger partial charge is 0.251 e. The highest BCUT2D eigenvalue weighted by atomic mass is 32.2. The Morgan fingerprint density at radius 2 is 1.72 bits per heavy atom. The molecule has 2 aromatic rings. The van der Waals surface area contributed by atoms with Crippen molar-refractivity contribution in [2.45, 2.75) is 11.8 Å². The number of carbonyl (C=O) groups is 2. The van der Waals surface area contributed by atoms with Crippen LogP contribution in [-0.4, -0.2) is 33.8 Å². The van der Waals surface area contributed by atoms with Gasteiger partial charge in [0.15, 0.2) is 0 Å². The summed E-state index contributed by atoms with van der Waals surface area (Å²) >= 11 is 0. The number of hydrogen-bond donors (Lipinski definition) is 3. The molecule has 2 amide bonds. The minimum Gasteiger partial charge on any atom is -0.343 e. The van der Waals surface area contributed by atoms with Gasteiger partial charge >= 0.3 is 0 Å². The van der Waals surface area contributed by atoms with Gasteiger partial charge in [-0.3, -0.25) is 9.59 Å². The first-order valence-electron chi connectivity index (χ1n) is 7.50. The molecule has 2 rings (SSSR count). The zero-order chi connectivity index (χ0) is 18.4. The van der Waals surface area contributed by atoms with E-state index in [9.17, 15) is 18.0 Å². The molecule has 0 aromatic heterocycles. The van der Waals surface area contributed by atoms with Crippen molar-refractivity contribution in [3.8, 4) is 0 Å². The van der Waals surface area contributed by atoms with Gasteiger partial charge in [0.2, 0.25) is 15.9 Å². The lowest BCUT2D eigenvalue weighted by Crippen LogP contribution is -2.32. The molecule has 0 fully saturated rings. The van der Waals surface area contributed by atoms with Crippen LogP contribution < -0.4 is 15.4 Å². The fourth-order valence-corrected chi connectivity index (χ4v) is 2.82. The summed E-state index contributed by atoms with van der Waals surface area (Å²) in [5.74, 6) is -0.750. The highest BCUT2D eigenvalue weighted by Gasteiger charge is 2.12. The Kier molecular flexibility index (Phi) is 5.89. The Morgan fingerprint density at radius 1 is 1.04 bits per heavy atom. The van der Waals surface area contributed by atoms with E-state index in [-0.39, 0.29) is 17.3 Å². The summed E-state index contributed by atoms with van der Waals surface area (Å²) in [4.78, 5) is 24.0. The number of amides is 2. The van der Waals surface area contributed by atoms with E-state index >= 15 is 0 Å². The third-order valence-corrected chi connectivity index (χ3v) is 4.84. The summed E-state index contributed by atoms with van der Waals surface area (Å²) in [6, 6.07) is 12.8. The molecule has 0 atom stereocenters. The molecule has 0 saturated heterocycles. The number of hydrogen-bond acceptors (Lipinski definition) is 4. The molecule has 0 bridgehead atoms. The summed E-state index contributed by atoms with van der Waals surface area (Å²) in [6.45, 7) is 1.69. The highest BCUT2D eigenvalue weighted by Crippen LogP contribution is 2.13. The fraction of sp³-hybridized carbons (Fsp3) is 0.176. The molecule has 2 aromatic carbocycles. The van der Waals surface area contributed by atoms with E-state index < -0.39 is 15.9 Å². The molecule has 0 aliphatic carbocycles. The Bertz CT molecular complexity index is 877. The number of nitrogens with one attached hydrogen (secondary N) is 3. The van der Waals surface area contributed by atoms with Crippen LogP contribution in [0.5, 0.6) is 0 Å². The van der Waals surface area contributed by atoms with Crippen LogP contribution in [0.2, 0.25) is 0 Å². The average molecular weight is 361 g/mol. The van der Waals surface area contributed by atoms with Crippen LogP contribution in [0.1, 0.15) is 15.9 Å². The lowest BCUT2D eigenvalue weighted by molar-refractivity contribution is -0.115. The number of aryl methyl sites for hydroxylation is 1. The number of benzene rings is 2. The standard InChI is InChI=1S/C17H19N3O4S/c1-12-4-3-5-13(10-12)17(22)19-11-16(21)20-14-6-8-15(9-7-14)25(23,24)18-2/h3-10,18H,11H2,1-2H3,(H,19,22)(H,20,21). The number of sulfonamides is 1. The summed E-state index contributed by atoms with van der Waals surface area (Å²) < 4.78 is 25.5. The molecule has 0 aliphatic rings. The molecule has 25 heavy (non-hydrogen) atoms. The van der Waals surface area contributed by atoms with Crippen LogP contribution in [0.3, 0.4) is 0 Å². The Morgan fingerprint density at radius 3 is 2.32 bits per heavy atom. The van der Waals surface area contributed by atoms with E-state index in [2.05, 4.69) is 15.4 Å². The van der Waals surface area contributed by atoms with Crippen LogP contribution in [-0.2, 0) is 14.8 Å². The fourth-order valence-electron chi connectivity index (χ4n) is 2.09. The van der Waals surface area contributed by atoms with Crippen molar-refractivity contribution in [3.05, 3.63) is 59.7 Å². The SMILES string of the molecule is CNS(=O)(=O)c1ccc(NC(=O)CNC(=O)c2cccc(C)c2)cc1. The summed E-state index contributed by atoms with van der Waals surface area (Å²) in [5, 5.41) is 5.12. The van der Waals surface area contributed by atoms with Gasteiger partial charge in [-0.05, 0) is 50.4 Å². The van der Waals surface area contributed by atoms with Gasteiger partial charge in [-0.25, -0.2) is 13.1 Å². The first-order valence-corrected chi connectivity index (χ1v) is 8.98. The molecular weight excluding hydrogens is 342 g/mol. The topological polar surface area (TPSA) is 104 Å². The van der Waals surface area contributed by atoms with Crippen LogP contribution in [0.4, 0.5) is 5.69 Å². The van der Waals surface area contributed by atoms with Gasteiger partial charge in [0.05, 0.1) is 11.4 Å². The largest absolute Gasteiger partial charge is 0.343 e. The van der Waals surface area contributed by atoms with Crippen molar-refractivity contribution in [2.75, 3.05) is 18.9 Å². The predicted octanol–water partition coefficient (Wildman–Crippen LogP) is 1.27.